The molecule has 0 saturated carbocycles. The van der Waals surface area contributed by atoms with E-state index in [1.165, 1.54) is 0 Å². The zero-order valence-electron chi connectivity index (χ0n) is 19.8. The van der Waals surface area contributed by atoms with Gasteiger partial charge >= 0.3 is 0 Å². The number of piperidine rings is 1. The minimum Gasteiger partial charge on any atom is -0.497 e. The lowest BCUT2D eigenvalue weighted by Gasteiger charge is -2.30. The second-order valence-corrected chi connectivity index (χ2v) is 8.59. The molecule has 2 aromatic carbocycles. The summed E-state index contributed by atoms with van der Waals surface area (Å²) in [7, 11) is 3.26. The van der Waals surface area contributed by atoms with E-state index in [1.807, 2.05) is 48.5 Å². The van der Waals surface area contributed by atoms with Gasteiger partial charge in [-0.2, -0.15) is 0 Å². The molecular formula is C27H27N3O5. The van der Waals surface area contributed by atoms with Gasteiger partial charge in [-0.1, -0.05) is 29.4 Å². The highest BCUT2D eigenvalue weighted by Crippen LogP contribution is 2.29. The van der Waals surface area contributed by atoms with Gasteiger partial charge in [0.2, 0.25) is 5.76 Å². The SMILES string of the molecule is COc1cccc(Cc2cnc([C@H]3CCCN(C(=O)c4cc(-c5cccc(OC)c5)no4)C3)o2)c1. The van der Waals surface area contributed by atoms with Gasteiger partial charge in [0.1, 0.15) is 23.0 Å². The molecular weight excluding hydrogens is 446 g/mol. The van der Waals surface area contributed by atoms with Gasteiger partial charge < -0.3 is 23.3 Å². The Labute approximate surface area is 203 Å². The van der Waals surface area contributed by atoms with E-state index in [2.05, 4.69) is 10.1 Å². The molecule has 35 heavy (non-hydrogen) atoms. The van der Waals surface area contributed by atoms with Gasteiger partial charge in [0.05, 0.1) is 26.3 Å². The summed E-state index contributed by atoms with van der Waals surface area (Å²) in [5.41, 5.74) is 2.51. The molecule has 2 aromatic heterocycles. The van der Waals surface area contributed by atoms with E-state index >= 15 is 0 Å². The average Bonchev–Trinajstić information content (AvgIpc) is 3.59. The quantitative estimate of drug-likeness (QED) is 0.375. The topological polar surface area (TPSA) is 90.8 Å². The van der Waals surface area contributed by atoms with Gasteiger partial charge in [-0.05, 0) is 42.7 Å². The monoisotopic (exact) mass is 473 g/mol. The highest BCUT2D eigenvalue weighted by atomic mass is 16.5. The van der Waals surface area contributed by atoms with E-state index in [9.17, 15) is 4.79 Å². The number of rotatable bonds is 7. The molecule has 0 aliphatic carbocycles. The van der Waals surface area contributed by atoms with Crippen molar-refractivity contribution < 1.29 is 23.2 Å². The standard InChI is InChI=1S/C27H27N3O5/c1-32-21-9-3-6-18(12-21)13-23-16-28-26(34-23)20-8-5-11-30(17-20)27(31)25-15-24(29-35-25)19-7-4-10-22(14-19)33-2/h3-4,6-7,9-10,12,14-16,20H,5,8,11,13,17H2,1-2H3/t20-/m0/s1. The number of ether oxygens (including phenoxy) is 2. The van der Waals surface area contributed by atoms with E-state index < -0.39 is 0 Å². The Balaban J connectivity index is 1.25. The summed E-state index contributed by atoms with van der Waals surface area (Å²) in [6.45, 7) is 1.18. The molecule has 1 amide bonds. The van der Waals surface area contributed by atoms with Crippen molar-refractivity contribution in [2.24, 2.45) is 0 Å². The van der Waals surface area contributed by atoms with Gasteiger partial charge in [-0.3, -0.25) is 4.79 Å². The van der Waals surface area contributed by atoms with E-state index in [1.54, 1.807) is 31.4 Å². The van der Waals surface area contributed by atoms with Crippen LogP contribution in [0.4, 0.5) is 0 Å². The van der Waals surface area contributed by atoms with Crippen molar-refractivity contribution in [3.63, 3.8) is 0 Å². The lowest BCUT2D eigenvalue weighted by Crippen LogP contribution is -2.39. The number of carbonyl (C=O) groups is 1. The first-order valence-electron chi connectivity index (χ1n) is 11.6. The van der Waals surface area contributed by atoms with Crippen LogP contribution < -0.4 is 9.47 Å². The van der Waals surface area contributed by atoms with Crippen LogP contribution in [0.1, 0.15) is 46.5 Å². The number of hydrogen-bond donors (Lipinski definition) is 0. The number of hydrogen-bond acceptors (Lipinski definition) is 7. The van der Waals surface area contributed by atoms with Crippen molar-refractivity contribution >= 4 is 5.91 Å². The number of methoxy groups -OCH3 is 2. The minimum atomic E-state index is -0.181. The molecule has 0 N–H and O–H groups in total. The number of likely N-dealkylation sites (tertiary alicyclic amines) is 1. The molecule has 0 unspecified atom stereocenters. The van der Waals surface area contributed by atoms with Crippen molar-refractivity contribution in [2.45, 2.75) is 25.2 Å². The highest BCUT2D eigenvalue weighted by molar-refractivity contribution is 5.92. The van der Waals surface area contributed by atoms with E-state index in [4.69, 9.17) is 18.4 Å². The smallest absolute Gasteiger partial charge is 0.292 e. The van der Waals surface area contributed by atoms with Crippen molar-refractivity contribution in [2.75, 3.05) is 27.3 Å². The number of oxazole rings is 1. The number of aromatic nitrogens is 2. The fourth-order valence-electron chi connectivity index (χ4n) is 4.39. The molecule has 1 aliphatic rings. The maximum atomic E-state index is 13.2. The summed E-state index contributed by atoms with van der Waals surface area (Å²) in [4.78, 5) is 19.5. The lowest BCUT2D eigenvalue weighted by atomic mass is 9.97. The Morgan fingerprint density at radius 1 is 1.09 bits per heavy atom. The normalized spacial score (nSPS) is 15.7. The Hall–Kier alpha value is -4.07. The lowest BCUT2D eigenvalue weighted by molar-refractivity contribution is 0.0656. The number of benzene rings is 2. The maximum absolute atomic E-state index is 13.2. The van der Waals surface area contributed by atoms with E-state index in [0.717, 1.165) is 35.5 Å². The fraction of sp³-hybridized carbons (Fsp3) is 0.296. The summed E-state index contributed by atoms with van der Waals surface area (Å²) < 4.78 is 22.1. The maximum Gasteiger partial charge on any atom is 0.292 e. The van der Waals surface area contributed by atoms with Crippen molar-refractivity contribution in [1.29, 1.82) is 0 Å². The molecule has 4 aromatic rings. The summed E-state index contributed by atoms with van der Waals surface area (Å²) in [6.07, 6.45) is 4.17. The van der Waals surface area contributed by atoms with Gasteiger partial charge in [-0.25, -0.2) is 4.98 Å². The predicted molar refractivity (Wildman–Crippen MR) is 129 cm³/mol. The molecule has 1 atom stereocenters. The molecule has 0 spiro atoms. The molecule has 1 aliphatic heterocycles. The molecule has 5 rings (SSSR count). The molecule has 8 nitrogen and oxygen atoms in total. The van der Waals surface area contributed by atoms with Gasteiger partial charge in [0.25, 0.3) is 5.91 Å². The Bertz CT molecular complexity index is 1310. The second-order valence-electron chi connectivity index (χ2n) is 8.59. The van der Waals surface area contributed by atoms with E-state index in [0.29, 0.717) is 36.8 Å². The number of amides is 1. The number of carbonyl (C=O) groups excluding carboxylic acids is 1. The third kappa shape index (κ3) is 5.06. The van der Waals surface area contributed by atoms with Crippen LogP contribution in [0.3, 0.4) is 0 Å². The van der Waals surface area contributed by atoms with Crippen LogP contribution in [0.25, 0.3) is 11.3 Å². The molecule has 1 fully saturated rings. The van der Waals surface area contributed by atoms with Crippen LogP contribution in [-0.4, -0.2) is 48.3 Å². The second kappa shape index (κ2) is 10.0. The molecule has 8 heteroatoms. The Morgan fingerprint density at radius 3 is 2.71 bits per heavy atom. The average molecular weight is 474 g/mol. The Morgan fingerprint density at radius 2 is 1.89 bits per heavy atom. The number of nitrogens with zero attached hydrogens (tertiary/aromatic N) is 3. The molecule has 0 radical (unpaired) electrons. The summed E-state index contributed by atoms with van der Waals surface area (Å²) >= 11 is 0. The van der Waals surface area contributed by atoms with Gasteiger partial charge in [0, 0.05) is 31.1 Å². The highest BCUT2D eigenvalue weighted by Gasteiger charge is 2.30. The summed E-state index contributed by atoms with van der Waals surface area (Å²) in [5, 5.41) is 4.09. The first kappa shape index (κ1) is 22.7. The molecule has 3 heterocycles. The van der Waals surface area contributed by atoms with Crippen molar-refractivity contribution in [1.82, 2.24) is 15.0 Å². The van der Waals surface area contributed by atoms with Crippen LogP contribution in [0, 0.1) is 0 Å². The van der Waals surface area contributed by atoms with Crippen LogP contribution in [0.5, 0.6) is 11.5 Å². The summed E-state index contributed by atoms with van der Waals surface area (Å²) in [5.74, 6) is 3.05. The van der Waals surface area contributed by atoms with Crippen LogP contribution >= 0.6 is 0 Å². The molecule has 0 bridgehead atoms. The fourth-order valence-corrected chi connectivity index (χ4v) is 4.39. The van der Waals surface area contributed by atoms with Crippen LogP contribution in [0.2, 0.25) is 0 Å². The zero-order chi connectivity index (χ0) is 24.2. The summed E-state index contributed by atoms with van der Waals surface area (Å²) in [6, 6.07) is 17.1. The van der Waals surface area contributed by atoms with Gasteiger partial charge in [0.15, 0.2) is 5.89 Å². The zero-order valence-corrected chi connectivity index (χ0v) is 19.8. The van der Waals surface area contributed by atoms with Crippen molar-refractivity contribution in [3.8, 4) is 22.8 Å². The first-order chi connectivity index (χ1) is 17.1. The van der Waals surface area contributed by atoms with Crippen molar-refractivity contribution in [3.05, 3.63) is 83.8 Å². The van der Waals surface area contributed by atoms with Gasteiger partial charge in [-0.15, -0.1) is 0 Å². The van der Waals surface area contributed by atoms with E-state index in [-0.39, 0.29) is 17.6 Å². The largest absolute Gasteiger partial charge is 0.497 e. The Kier molecular flexibility index (Phi) is 6.52. The molecule has 180 valence electrons. The van der Waals surface area contributed by atoms with Crippen LogP contribution in [-0.2, 0) is 6.42 Å². The van der Waals surface area contributed by atoms with Crippen LogP contribution in [0.15, 0.2) is 69.7 Å². The predicted octanol–water partition coefficient (Wildman–Crippen LogP) is 4.96. The third-order valence-electron chi connectivity index (χ3n) is 6.23. The minimum absolute atomic E-state index is 0.0348. The molecule has 1 saturated heterocycles. The third-order valence-corrected chi connectivity index (χ3v) is 6.23. The first-order valence-corrected chi connectivity index (χ1v) is 11.6.